The van der Waals surface area contributed by atoms with Gasteiger partial charge in [0.05, 0.1) is 6.54 Å². The van der Waals surface area contributed by atoms with Gasteiger partial charge in [-0.3, -0.25) is 9.59 Å². The lowest BCUT2D eigenvalue weighted by Crippen LogP contribution is -2.45. The number of hydrogen-bond acceptors (Lipinski definition) is 2. The molecular weight excluding hydrogens is 372 g/mol. The molecule has 0 bridgehead atoms. The Kier molecular flexibility index (Phi) is 5.66. The van der Waals surface area contributed by atoms with E-state index in [0.29, 0.717) is 25.9 Å². The topological polar surface area (TPSA) is 49.4 Å². The van der Waals surface area contributed by atoms with Crippen LogP contribution in [0, 0.1) is 12.3 Å². The van der Waals surface area contributed by atoms with Crippen molar-refractivity contribution < 1.29 is 9.59 Å². The van der Waals surface area contributed by atoms with E-state index in [0.717, 1.165) is 22.4 Å². The van der Waals surface area contributed by atoms with Crippen molar-refractivity contribution in [2.45, 2.75) is 32.9 Å². The zero-order valence-electron chi connectivity index (χ0n) is 17.2. The van der Waals surface area contributed by atoms with Crippen LogP contribution < -0.4 is 10.2 Å². The van der Waals surface area contributed by atoms with Gasteiger partial charge in [-0.25, -0.2) is 0 Å². The highest BCUT2D eigenvalue weighted by Crippen LogP contribution is 2.48. The van der Waals surface area contributed by atoms with Crippen LogP contribution in [0.4, 0.5) is 5.69 Å². The Morgan fingerprint density at radius 3 is 2.13 bits per heavy atom. The first kappa shape index (κ1) is 19.9. The van der Waals surface area contributed by atoms with Gasteiger partial charge in [0.15, 0.2) is 0 Å². The molecular formula is C26H26N2O2. The van der Waals surface area contributed by atoms with Gasteiger partial charge in [0, 0.05) is 12.2 Å². The van der Waals surface area contributed by atoms with Crippen molar-refractivity contribution in [1.29, 1.82) is 0 Å². The number of carbonyl (C=O) groups excluding carboxylic acids is 2. The van der Waals surface area contributed by atoms with Crippen molar-refractivity contribution in [1.82, 2.24) is 5.32 Å². The van der Waals surface area contributed by atoms with Gasteiger partial charge in [0.1, 0.15) is 5.41 Å². The molecule has 4 rings (SSSR count). The summed E-state index contributed by atoms with van der Waals surface area (Å²) in [4.78, 5) is 28.4. The van der Waals surface area contributed by atoms with Crippen LogP contribution >= 0.6 is 0 Å². The molecule has 0 unspecified atom stereocenters. The Hall–Kier alpha value is -3.40. The van der Waals surface area contributed by atoms with Crippen molar-refractivity contribution in [3.8, 4) is 0 Å². The van der Waals surface area contributed by atoms with Gasteiger partial charge in [-0.1, -0.05) is 78.4 Å². The molecule has 0 saturated heterocycles. The molecule has 1 aliphatic carbocycles. The number of nitrogens with zero attached hydrogens (tertiary/aromatic N) is 1. The van der Waals surface area contributed by atoms with E-state index in [4.69, 9.17) is 0 Å². The number of nitrogens with one attached hydrogen (secondary N) is 1. The van der Waals surface area contributed by atoms with Crippen LogP contribution in [-0.2, 0) is 22.7 Å². The Morgan fingerprint density at radius 2 is 1.50 bits per heavy atom. The smallest absolute Gasteiger partial charge is 0.242 e. The van der Waals surface area contributed by atoms with E-state index < -0.39 is 5.41 Å². The monoisotopic (exact) mass is 398 g/mol. The highest BCUT2D eigenvalue weighted by Gasteiger charge is 2.58. The molecule has 0 radical (unpaired) electrons. The van der Waals surface area contributed by atoms with Gasteiger partial charge in [0.25, 0.3) is 0 Å². The van der Waals surface area contributed by atoms with Crippen molar-refractivity contribution in [3.63, 3.8) is 0 Å². The fourth-order valence-electron chi connectivity index (χ4n) is 3.75. The summed E-state index contributed by atoms with van der Waals surface area (Å²) < 4.78 is 0. The van der Waals surface area contributed by atoms with Crippen LogP contribution in [0.15, 0.2) is 84.9 Å². The predicted molar refractivity (Wildman–Crippen MR) is 119 cm³/mol. The van der Waals surface area contributed by atoms with Crippen LogP contribution in [0.3, 0.4) is 0 Å². The number of amides is 2. The zero-order valence-corrected chi connectivity index (χ0v) is 17.2. The van der Waals surface area contributed by atoms with Crippen LogP contribution in [0.1, 0.15) is 29.5 Å². The lowest BCUT2D eigenvalue weighted by molar-refractivity contribution is -0.135. The molecule has 30 heavy (non-hydrogen) atoms. The van der Waals surface area contributed by atoms with Gasteiger partial charge < -0.3 is 10.2 Å². The minimum atomic E-state index is -0.964. The van der Waals surface area contributed by atoms with E-state index >= 15 is 0 Å². The second-order valence-corrected chi connectivity index (χ2v) is 7.97. The Morgan fingerprint density at radius 1 is 0.867 bits per heavy atom. The zero-order chi connectivity index (χ0) is 21.0. The molecule has 1 N–H and O–H groups in total. The van der Waals surface area contributed by atoms with E-state index in [1.54, 1.807) is 4.90 Å². The number of rotatable bonds is 7. The maximum Gasteiger partial charge on any atom is 0.242 e. The second-order valence-electron chi connectivity index (χ2n) is 7.97. The van der Waals surface area contributed by atoms with E-state index in [1.807, 2.05) is 91.9 Å². The summed E-state index contributed by atoms with van der Waals surface area (Å²) in [5, 5.41) is 2.99. The first-order valence-corrected chi connectivity index (χ1v) is 10.3. The average molecular weight is 399 g/mol. The number of aryl methyl sites for hydroxylation is 1. The molecule has 3 aromatic rings. The Balaban J connectivity index is 1.53. The Labute approximate surface area is 177 Å². The number of anilines is 1. The molecule has 1 saturated carbocycles. The van der Waals surface area contributed by atoms with Gasteiger partial charge >= 0.3 is 0 Å². The van der Waals surface area contributed by atoms with Crippen molar-refractivity contribution in [3.05, 3.63) is 102 Å². The largest absolute Gasteiger partial charge is 0.351 e. The van der Waals surface area contributed by atoms with Crippen LogP contribution in [-0.4, -0.2) is 11.8 Å². The fourth-order valence-corrected chi connectivity index (χ4v) is 3.75. The van der Waals surface area contributed by atoms with E-state index in [1.165, 1.54) is 0 Å². The van der Waals surface area contributed by atoms with E-state index in [2.05, 4.69) is 5.32 Å². The lowest BCUT2D eigenvalue weighted by Gasteiger charge is -2.27. The number of para-hydroxylation sites is 1. The van der Waals surface area contributed by atoms with Gasteiger partial charge in [-0.2, -0.15) is 0 Å². The highest BCUT2D eigenvalue weighted by molar-refractivity contribution is 6.14. The van der Waals surface area contributed by atoms with Gasteiger partial charge in [0.2, 0.25) is 11.8 Å². The average Bonchev–Trinajstić information content (AvgIpc) is 3.59. The minimum Gasteiger partial charge on any atom is -0.351 e. The first-order valence-electron chi connectivity index (χ1n) is 10.3. The molecule has 1 aliphatic rings. The van der Waals surface area contributed by atoms with Crippen LogP contribution in [0.25, 0.3) is 0 Å². The molecule has 4 heteroatoms. The molecule has 0 aromatic heterocycles. The predicted octanol–water partition coefficient (Wildman–Crippen LogP) is 4.62. The molecule has 0 spiro atoms. The normalized spacial score (nSPS) is 14.0. The Bertz CT molecular complexity index is 1030. The third kappa shape index (κ3) is 4.28. The number of benzene rings is 3. The van der Waals surface area contributed by atoms with Crippen LogP contribution in [0.2, 0.25) is 0 Å². The van der Waals surface area contributed by atoms with Crippen LogP contribution in [0.5, 0.6) is 0 Å². The van der Waals surface area contributed by atoms with Crippen molar-refractivity contribution >= 4 is 17.5 Å². The maximum absolute atomic E-state index is 13.6. The third-order valence-electron chi connectivity index (χ3n) is 5.63. The summed E-state index contributed by atoms with van der Waals surface area (Å²) in [6, 6.07) is 27.5. The quantitative estimate of drug-likeness (QED) is 0.590. The summed E-state index contributed by atoms with van der Waals surface area (Å²) >= 11 is 0. The summed E-state index contributed by atoms with van der Waals surface area (Å²) in [6.07, 6.45) is 1.17. The first-order chi connectivity index (χ1) is 14.6. The molecule has 0 aliphatic heterocycles. The summed E-state index contributed by atoms with van der Waals surface area (Å²) in [5.41, 5.74) is 3.07. The number of hydrogen-bond donors (Lipinski definition) is 1. The number of carbonyl (C=O) groups is 2. The summed E-state index contributed by atoms with van der Waals surface area (Å²) in [5.74, 6) is -0.303. The minimum absolute atomic E-state index is 0.126. The lowest BCUT2D eigenvalue weighted by atomic mass is 10.0. The summed E-state index contributed by atoms with van der Waals surface area (Å²) in [7, 11) is 0. The molecule has 0 heterocycles. The molecule has 2 amide bonds. The van der Waals surface area contributed by atoms with Gasteiger partial charge in [-0.15, -0.1) is 0 Å². The van der Waals surface area contributed by atoms with E-state index in [9.17, 15) is 9.59 Å². The molecule has 152 valence electrons. The van der Waals surface area contributed by atoms with Gasteiger partial charge in [-0.05, 0) is 43.0 Å². The fraction of sp³-hybridized carbons (Fsp3) is 0.231. The SMILES string of the molecule is Cc1cccc(CNC(=O)C2(C(=O)N(Cc3ccccc3)c3ccccc3)CC2)c1. The standard InChI is InChI=1S/C26H26N2O2/c1-20-9-8-12-22(17-20)18-27-24(29)26(15-16-26)25(30)28(23-13-6-3-7-14-23)19-21-10-4-2-5-11-21/h2-14,17H,15-16,18-19H2,1H3,(H,27,29). The van der Waals surface area contributed by atoms with E-state index in [-0.39, 0.29) is 11.8 Å². The third-order valence-corrected chi connectivity index (χ3v) is 5.63. The van der Waals surface area contributed by atoms with Crippen molar-refractivity contribution in [2.75, 3.05) is 4.90 Å². The molecule has 4 nitrogen and oxygen atoms in total. The highest BCUT2D eigenvalue weighted by atomic mass is 16.2. The molecule has 3 aromatic carbocycles. The maximum atomic E-state index is 13.6. The molecule has 1 fully saturated rings. The summed E-state index contributed by atoms with van der Waals surface area (Å²) in [6.45, 7) is 2.90. The van der Waals surface area contributed by atoms with Crippen molar-refractivity contribution in [2.24, 2.45) is 5.41 Å². The second kappa shape index (κ2) is 8.54. The molecule has 0 atom stereocenters.